The number of hydrogen-bond acceptors (Lipinski definition) is 7. The number of carbonyl (C=O) groups excluding carboxylic acids is 1. The summed E-state index contributed by atoms with van der Waals surface area (Å²) in [5, 5.41) is 12.5. The van der Waals surface area contributed by atoms with E-state index in [4.69, 9.17) is 5.73 Å². The maximum absolute atomic E-state index is 12.9. The molecule has 29 heavy (non-hydrogen) atoms. The number of amides is 1. The van der Waals surface area contributed by atoms with Gasteiger partial charge in [0.25, 0.3) is 0 Å². The number of benzene rings is 1. The number of thioether (sulfide) groups is 1. The van der Waals surface area contributed by atoms with Crippen molar-refractivity contribution in [2.45, 2.75) is 30.1 Å². The second-order valence-corrected chi connectivity index (χ2v) is 7.12. The highest BCUT2D eigenvalue weighted by molar-refractivity contribution is 7.98. The molecular formula is C18H17F3N6OS. The molecule has 1 fully saturated rings. The van der Waals surface area contributed by atoms with E-state index in [-0.39, 0.29) is 23.0 Å². The third-order valence-corrected chi connectivity index (χ3v) is 5.15. The first-order chi connectivity index (χ1) is 13.7. The fraction of sp³-hybridized carbons (Fsp3) is 0.333. The zero-order valence-corrected chi connectivity index (χ0v) is 16.1. The van der Waals surface area contributed by atoms with Crippen LogP contribution in [0.3, 0.4) is 0 Å². The Morgan fingerprint density at radius 1 is 1.41 bits per heavy atom. The molecule has 3 rings (SSSR count). The number of hydrogen-bond donors (Lipinski definition) is 2. The van der Waals surface area contributed by atoms with Crippen molar-refractivity contribution < 1.29 is 18.0 Å². The second kappa shape index (κ2) is 8.16. The molecule has 1 aliphatic heterocycles. The van der Waals surface area contributed by atoms with Crippen LogP contribution in [0.5, 0.6) is 0 Å². The first-order valence-electron chi connectivity index (χ1n) is 8.61. The van der Waals surface area contributed by atoms with Crippen molar-refractivity contribution in [3.63, 3.8) is 0 Å². The SMILES string of the molecule is CSc1nc(N)nc(N2CCC[C@@H]2C(=O)Nc2cccc(C(F)(F)F)c2)c1C#N. The number of aromatic nitrogens is 2. The van der Waals surface area contributed by atoms with E-state index < -0.39 is 23.7 Å². The molecule has 152 valence electrons. The molecule has 0 radical (unpaired) electrons. The average molecular weight is 422 g/mol. The van der Waals surface area contributed by atoms with Crippen molar-refractivity contribution in [2.24, 2.45) is 0 Å². The topological polar surface area (TPSA) is 108 Å². The summed E-state index contributed by atoms with van der Waals surface area (Å²) in [6.45, 7) is 0.458. The molecule has 0 saturated carbocycles. The summed E-state index contributed by atoms with van der Waals surface area (Å²) in [5.41, 5.74) is 5.16. The van der Waals surface area contributed by atoms with Gasteiger partial charge in [0, 0.05) is 12.2 Å². The van der Waals surface area contributed by atoms with E-state index in [0.29, 0.717) is 24.4 Å². The lowest BCUT2D eigenvalue weighted by molar-refractivity contribution is -0.137. The van der Waals surface area contributed by atoms with Gasteiger partial charge in [0.2, 0.25) is 11.9 Å². The fourth-order valence-electron chi connectivity index (χ4n) is 3.19. The Kier molecular flexibility index (Phi) is 5.83. The summed E-state index contributed by atoms with van der Waals surface area (Å²) in [6.07, 6.45) is -1.64. The van der Waals surface area contributed by atoms with Gasteiger partial charge >= 0.3 is 6.18 Å². The lowest BCUT2D eigenvalue weighted by Crippen LogP contribution is -2.40. The zero-order valence-electron chi connectivity index (χ0n) is 15.3. The number of rotatable bonds is 4. The van der Waals surface area contributed by atoms with Crippen LogP contribution in [0.1, 0.15) is 24.0 Å². The Labute approximate surface area is 169 Å². The number of nitrogens with two attached hydrogens (primary N) is 1. The molecule has 2 heterocycles. The van der Waals surface area contributed by atoms with Crippen molar-refractivity contribution in [1.82, 2.24) is 9.97 Å². The molecule has 1 amide bonds. The smallest absolute Gasteiger partial charge is 0.368 e. The Morgan fingerprint density at radius 3 is 2.83 bits per heavy atom. The maximum Gasteiger partial charge on any atom is 0.416 e. The third kappa shape index (κ3) is 4.37. The van der Waals surface area contributed by atoms with E-state index in [1.807, 2.05) is 0 Å². The maximum atomic E-state index is 12.9. The van der Waals surface area contributed by atoms with Gasteiger partial charge in [0.1, 0.15) is 22.7 Å². The fourth-order valence-corrected chi connectivity index (χ4v) is 3.72. The number of alkyl halides is 3. The molecule has 0 bridgehead atoms. The van der Waals surface area contributed by atoms with E-state index in [0.717, 1.165) is 12.1 Å². The van der Waals surface area contributed by atoms with Gasteiger partial charge in [-0.1, -0.05) is 6.07 Å². The second-order valence-electron chi connectivity index (χ2n) is 6.32. The van der Waals surface area contributed by atoms with Crippen molar-refractivity contribution in [3.05, 3.63) is 35.4 Å². The van der Waals surface area contributed by atoms with Crippen LogP contribution in [0, 0.1) is 11.3 Å². The number of carbonyl (C=O) groups is 1. The summed E-state index contributed by atoms with van der Waals surface area (Å²) in [4.78, 5) is 22.6. The molecule has 2 aromatic rings. The Bertz CT molecular complexity index is 975. The van der Waals surface area contributed by atoms with E-state index in [1.54, 1.807) is 11.2 Å². The lowest BCUT2D eigenvalue weighted by Gasteiger charge is -2.26. The molecule has 1 aliphatic rings. The van der Waals surface area contributed by atoms with Gasteiger partial charge in [-0.2, -0.15) is 23.4 Å². The molecule has 0 unspecified atom stereocenters. The standard InChI is InChI=1S/C18H17F3N6OS/c1-29-16-12(9-22)14(25-17(23)26-16)27-7-3-6-13(27)15(28)24-11-5-2-4-10(8-11)18(19,20)21/h2,4-5,8,13H,3,6-7H2,1H3,(H,24,28)(H2,23,25,26)/t13-/m1/s1. The summed E-state index contributed by atoms with van der Waals surface area (Å²) < 4.78 is 38.7. The van der Waals surface area contributed by atoms with E-state index in [2.05, 4.69) is 21.4 Å². The Morgan fingerprint density at radius 2 is 2.17 bits per heavy atom. The van der Waals surface area contributed by atoms with Crippen LogP contribution in [0.2, 0.25) is 0 Å². The third-order valence-electron chi connectivity index (χ3n) is 4.46. The van der Waals surface area contributed by atoms with Crippen LogP contribution in [-0.4, -0.2) is 34.7 Å². The van der Waals surface area contributed by atoms with Crippen molar-refractivity contribution in [1.29, 1.82) is 5.26 Å². The molecule has 0 aliphatic carbocycles. The summed E-state index contributed by atoms with van der Waals surface area (Å²) in [5.74, 6) is -0.244. The lowest BCUT2D eigenvalue weighted by atomic mass is 10.1. The number of nitrogens with zero attached hydrogens (tertiary/aromatic N) is 4. The predicted octanol–water partition coefficient (Wildman–Crippen LogP) is 3.28. The van der Waals surface area contributed by atoms with Crippen LogP contribution in [0.15, 0.2) is 29.3 Å². The molecule has 1 aromatic carbocycles. The molecule has 1 saturated heterocycles. The number of anilines is 3. The Balaban J connectivity index is 1.88. The Hall–Kier alpha value is -3.00. The quantitative estimate of drug-likeness (QED) is 0.575. The summed E-state index contributed by atoms with van der Waals surface area (Å²) in [7, 11) is 0. The van der Waals surface area contributed by atoms with Crippen molar-refractivity contribution >= 4 is 35.1 Å². The van der Waals surface area contributed by atoms with Crippen LogP contribution < -0.4 is 16.0 Å². The highest BCUT2D eigenvalue weighted by Crippen LogP contribution is 2.33. The molecule has 11 heteroatoms. The highest BCUT2D eigenvalue weighted by Gasteiger charge is 2.35. The van der Waals surface area contributed by atoms with Crippen molar-refractivity contribution in [3.8, 4) is 6.07 Å². The average Bonchev–Trinajstić information content (AvgIpc) is 3.16. The number of halogens is 3. The highest BCUT2D eigenvalue weighted by atomic mass is 32.2. The summed E-state index contributed by atoms with van der Waals surface area (Å²) >= 11 is 1.24. The van der Waals surface area contributed by atoms with Crippen LogP contribution in [0.25, 0.3) is 0 Å². The van der Waals surface area contributed by atoms with Crippen LogP contribution in [0.4, 0.5) is 30.6 Å². The summed E-state index contributed by atoms with van der Waals surface area (Å²) in [6, 6.07) is 5.80. The monoisotopic (exact) mass is 422 g/mol. The van der Waals surface area contributed by atoms with Gasteiger partial charge in [0.15, 0.2) is 5.82 Å². The normalized spacial score (nSPS) is 16.5. The zero-order chi connectivity index (χ0) is 21.2. The van der Waals surface area contributed by atoms with Gasteiger partial charge in [-0.05, 0) is 37.3 Å². The van der Waals surface area contributed by atoms with Crippen LogP contribution >= 0.6 is 11.8 Å². The minimum absolute atomic E-state index is 0.0210. The number of nitriles is 1. The number of nitrogens with one attached hydrogen (secondary N) is 1. The van der Waals surface area contributed by atoms with Crippen molar-refractivity contribution in [2.75, 3.05) is 28.8 Å². The van der Waals surface area contributed by atoms with E-state index in [1.165, 1.54) is 23.9 Å². The van der Waals surface area contributed by atoms with Crippen LogP contribution in [-0.2, 0) is 11.0 Å². The molecule has 1 atom stereocenters. The molecular weight excluding hydrogens is 405 g/mol. The van der Waals surface area contributed by atoms with E-state index >= 15 is 0 Å². The first-order valence-corrected chi connectivity index (χ1v) is 9.83. The van der Waals surface area contributed by atoms with Gasteiger partial charge in [-0.15, -0.1) is 11.8 Å². The first kappa shape index (κ1) is 20.7. The van der Waals surface area contributed by atoms with Gasteiger partial charge in [0.05, 0.1) is 5.56 Å². The van der Waals surface area contributed by atoms with Gasteiger partial charge in [-0.3, -0.25) is 4.79 Å². The molecule has 7 nitrogen and oxygen atoms in total. The molecule has 1 aromatic heterocycles. The minimum atomic E-state index is -4.51. The minimum Gasteiger partial charge on any atom is -0.368 e. The van der Waals surface area contributed by atoms with Gasteiger partial charge < -0.3 is 16.0 Å². The van der Waals surface area contributed by atoms with Gasteiger partial charge in [-0.25, -0.2) is 4.98 Å². The predicted molar refractivity (Wildman–Crippen MR) is 103 cm³/mol. The largest absolute Gasteiger partial charge is 0.416 e. The molecule has 0 spiro atoms. The van der Waals surface area contributed by atoms with E-state index in [9.17, 15) is 23.2 Å². The molecule has 3 N–H and O–H groups in total. The number of nitrogen functional groups attached to an aromatic ring is 1.